The third-order valence-electron chi connectivity index (χ3n) is 3.43. The fourth-order valence-corrected chi connectivity index (χ4v) is 3.32. The summed E-state index contributed by atoms with van der Waals surface area (Å²) in [6.07, 6.45) is 0. The zero-order valence-corrected chi connectivity index (χ0v) is 11.3. The lowest BCUT2D eigenvalue weighted by Crippen LogP contribution is -2.50. The normalized spacial score (nSPS) is 23.3. The van der Waals surface area contributed by atoms with Crippen molar-refractivity contribution in [1.82, 2.24) is 10.2 Å². The van der Waals surface area contributed by atoms with E-state index < -0.39 is 0 Å². The molecule has 1 fully saturated rings. The molecular formula is C13H18N2O2S. The van der Waals surface area contributed by atoms with E-state index in [1.54, 1.807) is 0 Å². The molecule has 1 aromatic carbocycles. The van der Waals surface area contributed by atoms with Crippen LogP contribution in [0, 0.1) is 0 Å². The van der Waals surface area contributed by atoms with Crippen molar-refractivity contribution in [2.24, 2.45) is 0 Å². The van der Waals surface area contributed by atoms with Crippen LogP contribution in [-0.4, -0.2) is 50.2 Å². The van der Waals surface area contributed by atoms with Crippen LogP contribution in [0.2, 0.25) is 0 Å². The Morgan fingerprint density at radius 3 is 3.17 bits per heavy atom. The van der Waals surface area contributed by atoms with Crippen molar-refractivity contribution in [3.05, 3.63) is 18.2 Å². The zero-order chi connectivity index (χ0) is 12.4. The average molecular weight is 266 g/mol. The van der Waals surface area contributed by atoms with Crippen LogP contribution in [0.25, 0.3) is 0 Å². The van der Waals surface area contributed by atoms with E-state index >= 15 is 0 Å². The second kappa shape index (κ2) is 5.38. The SMILES string of the molecule is CN1CCNCC1CSc1ccc2c(c1)OCO2. The van der Waals surface area contributed by atoms with Crippen LogP contribution in [-0.2, 0) is 0 Å². The minimum Gasteiger partial charge on any atom is -0.454 e. The lowest BCUT2D eigenvalue weighted by atomic mass is 10.2. The van der Waals surface area contributed by atoms with Crippen LogP contribution in [0.4, 0.5) is 0 Å². The molecule has 5 heteroatoms. The second-order valence-corrected chi connectivity index (χ2v) is 5.76. The maximum Gasteiger partial charge on any atom is 0.231 e. The molecule has 18 heavy (non-hydrogen) atoms. The van der Waals surface area contributed by atoms with Gasteiger partial charge < -0.3 is 19.7 Å². The number of fused-ring (bicyclic) bond motifs is 1. The van der Waals surface area contributed by atoms with Crippen LogP contribution in [0.5, 0.6) is 11.5 Å². The Morgan fingerprint density at radius 1 is 1.39 bits per heavy atom. The summed E-state index contributed by atoms with van der Waals surface area (Å²) in [6, 6.07) is 6.78. The number of hydrogen-bond acceptors (Lipinski definition) is 5. The molecule has 3 rings (SSSR count). The van der Waals surface area contributed by atoms with Gasteiger partial charge in [-0.3, -0.25) is 0 Å². The maximum atomic E-state index is 5.39. The van der Waals surface area contributed by atoms with Crippen LogP contribution in [0.3, 0.4) is 0 Å². The van der Waals surface area contributed by atoms with E-state index in [4.69, 9.17) is 9.47 Å². The van der Waals surface area contributed by atoms with E-state index in [0.717, 1.165) is 36.9 Å². The van der Waals surface area contributed by atoms with Gasteiger partial charge in [-0.2, -0.15) is 0 Å². The number of likely N-dealkylation sites (N-methyl/N-ethyl adjacent to an activating group) is 1. The molecule has 0 aliphatic carbocycles. The van der Waals surface area contributed by atoms with Gasteiger partial charge in [-0.05, 0) is 25.2 Å². The molecule has 0 radical (unpaired) electrons. The fourth-order valence-electron chi connectivity index (χ4n) is 2.21. The Hall–Kier alpha value is -0.910. The molecule has 1 atom stereocenters. The molecule has 1 aromatic rings. The Kier molecular flexibility index (Phi) is 3.63. The largest absolute Gasteiger partial charge is 0.454 e. The minimum atomic E-state index is 0.346. The minimum absolute atomic E-state index is 0.346. The maximum absolute atomic E-state index is 5.39. The average Bonchev–Trinajstić information content (AvgIpc) is 2.85. The van der Waals surface area contributed by atoms with E-state index in [0.29, 0.717) is 12.8 Å². The molecule has 0 saturated carbocycles. The highest BCUT2D eigenvalue weighted by atomic mass is 32.2. The predicted octanol–water partition coefficient (Wildman–Crippen LogP) is 1.41. The molecule has 2 heterocycles. The summed E-state index contributed by atoms with van der Waals surface area (Å²) in [4.78, 5) is 3.68. The standard InChI is InChI=1S/C13H18N2O2S/c1-15-5-4-14-7-10(15)8-18-11-2-3-12-13(6-11)17-9-16-12/h2-3,6,10,14H,4-5,7-9H2,1H3. The number of hydrogen-bond donors (Lipinski definition) is 1. The van der Waals surface area contributed by atoms with Gasteiger partial charge in [0.2, 0.25) is 6.79 Å². The van der Waals surface area contributed by atoms with Gasteiger partial charge in [-0.15, -0.1) is 11.8 Å². The van der Waals surface area contributed by atoms with Gasteiger partial charge in [0.25, 0.3) is 0 Å². The Morgan fingerprint density at radius 2 is 2.28 bits per heavy atom. The number of rotatable bonds is 3. The highest BCUT2D eigenvalue weighted by molar-refractivity contribution is 7.99. The number of nitrogens with zero attached hydrogens (tertiary/aromatic N) is 1. The van der Waals surface area contributed by atoms with E-state index in [9.17, 15) is 0 Å². The number of nitrogens with one attached hydrogen (secondary N) is 1. The van der Waals surface area contributed by atoms with Crippen molar-refractivity contribution in [1.29, 1.82) is 0 Å². The molecule has 1 unspecified atom stereocenters. The smallest absolute Gasteiger partial charge is 0.231 e. The van der Waals surface area contributed by atoms with Gasteiger partial charge in [0, 0.05) is 36.3 Å². The third kappa shape index (κ3) is 2.58. The van der Waals surface area contributed by atoms with Crippen molar-refractivity contribution < 1.29 is 9.47 Å². The lowest BCUT2D eigenvalue weighted by molar-refractivity contribution is 0.174. The van der Waals surface area contributed by atoms with E-state index in [1.807, 2.05) is 17.8 Å². The first-order chi connectivity index (χ1) is 8.83. The molecule has 1 N–H and O–H groups in total. The van der Waals surface area contributed by atoms with Gasteiger partial charge in [0.1, 0.15) is 0 Å². The summed E-state index contributed by atoms with van der Waals surface area (Å²) in [5.74, 6) is 2.83. The van der Waals surface area contributed by atoms with Gasteiger partial charge in [-0.25, -0.2) is 0 Å². The van der Waals surface area contributed by atoms with Crippen molar-refractivity contribution in [2.45, 2.75) is 10.9 Å². The number of piperazine rings is 1. The fraction of sp³-hybridized carbons (Fsp3) is 0.538. The first-order valence-electron chi connectivity index (χ1n) is 6.26. The molecular weight excluding hydrogens is 248 g/mol. The van der Waals surface area contributed by atoms with Crippen molar-refractivity contribution >= 4 is 11.8 Å². The highest BCUT2D eigenvalue weighted by Gasteiger charge is 2.19. The zero-order valence-electron chi connectivity index (χ0n) is 10.5. The van der Waals surface area contributed by atoms with Gasteiger partial charge in [-0.1, -0.05) is 0 Å². The molecule has 2 aliphatic rings. The molecule has 2 aliphatic heterocycles. The van der Waals surface area contributed by atoms with Gasteiger partial charge in [0.05, 0.1) is 0 Å². The van der Waals surface area contributed by atoms with Crippen molar-refractivity contribution in [3.63, 3.8) is 0 Å². The van der Waals surface area contributed by atoms with Crippen LogP contribution >= 0.6 is 11.8 Å². The summed E-state index contributed by atoms with van der Waals surface area (Å²) < 4.78 is 10.7. The molecule has 0 amide bonds. The predicted molar refractivity (Wildman–Crippen MR) is 72.6 cm³/mol. The summed E-state index contributed by atoms with van der Waals surface area (Å²) in [6.45, 7) is 3.65. The lowest BCUT2D eigenvalue weighted by Gasteiger charge is -2.32. The van der Waals surface area contributed by atoms with Gasteiger partial charge >= 0.3 is 0 Å². The van der Waals surface area contributed by atoms with E-state index in [-0.39, 0.29) is 0 Å². The molecule has 0 spiro atoms. The monoisotopic (exact) mass is 266 g/mol. The quantitative estimate of drug-likeness (QED) is 0.837. The molecule has 0 aromatic heterocycles. The van der Waals surface area contributed by atoms with Crippen LogP contribution in [0.15, 0.2) is 23.1 Å². The third-order valence-corrected chi connectivity index (χ3v) is 4.57. The number of ether oxygens (including phenoxy) is 2. The van der Waals surface area contributed by atoms with E-state index in [2.05, 4.69) is 29.4 Å². The van der Waals surface area contributed by atoms with Crippen molar-refractivity contribution in [3.8, 4) is 11.5 Å². The number of thioether (sulfide) groups is 1. The molecule has 98 valence electrons. The van der Waals surface area contributed by atoms with E-state index in [1.165, 1.54) is 4.90 Å². The first-order valence-corrected chi connectivity index (χ1v) is 7.25. The Balaban J connectivity index is 1.59. The Bertz CT molecular complexity index is 427. The summed E-state index contributed by atoms with van der Waals surface area (Å²) in [7, 11) is 2.20. The summed E-state index contributed by atoms with van der Waals surface area (Å²) in [5, 5.41) is 3.44. The summed E-state index contributed by atoms with van der Waals surface area (Å²) in [5.41, 5.74) is 0. The second-order valence-electron chi connectivity index (χ2n) is 4.66. The highest BCUT2D eigenvalue weighted by Crippen LogP contribution is 2.35. The summed E-state index contributed by atoms with van der Waals surface area (Å²) >= 11 is 1.88. The topological polar surface area (TPSA) is 33.7 Å². The Labute approximate surface area is 112 Å². The van der Waals surface area contributed by atoms with Crippen LogP contribution < -0.4 is 14.8 Å². The van der Waals surface area contributed by atoms with Crippen LogP contribution in [0.1, 0.15) is 0 Å². The molecule has 4 nitrogen and oxygen atoms in total. The van der Waals surface area contributed by atoms with Gasteiger partial charge in [0.15, 0.2) is 11.5 Å². The molecule has 0 bridgehead atoms. The first kappa shape index (κ1) is 12.1. The molecule has 1 saturated heterocycles. The number of benzene rings is 1. The van der Waals surface area contributed by atoms with Crippen molar-refractivity contribution in [2.75, 3.05) is 39.2 Å².